The monoisotopic (exact) mass is 807 g/mol. The SMILES string of the molecule is Cc1nc[n+](CC2=C(C(=O)O)N3C(=O)[C@@H](NC(=O)/C(=N\OC(C)(C)C(=O)O)c4nc(N)sc4Cl)C3SC2)cc1NCCNC(=O)c1cc(=O)c(O)cn1O. The van der Waals surface area contributed by atoms with E-state index in [1.165, 1.54) is 31.9 Å². The number of halogens is 1. The largest absolute Gasteiger partial charge is 0.503 e. The van der Waals surface area contributed by atoms with Gasteiger partial charge in [-0.05, 0) is 13.8 Å². The summed E-state index contributed by atoms with van der Waals surface area (Å²) in [6.07, 6.45) is 3.83. The van der Waals surface area contributed by atoms with Crippen LogP contribution in [0, 0.1) is 6.92 Å². The second kappa shape index (κ2) is 15.6. The van der Waals surface area contributed by atoms with E-state index in [-0.39, 0.29) is 51.9 Å². The quantitative estimate of drug-likeness (QED) is 0.0250. The van der Waals surface area contributed by atoms with Gasteiger partial charge in [-0.3, -0.25) is 24.1 Å². The number of aromatic hydroxyl groups is 1. The van der Waals surface area contributed by atoms with Gasteiger partial charge in [-0.2, -0.15) is 4.73 Å². The molecule has 0 bridgehead atoms. The molecule has 2 atom stereocenters. The predicted molar refractivity (Wildman–Crippen MR) is 190 cm³/mol. The van der Waals surface area contributed by atoms with Gasteiger partial charge in [0.2, 0.25) is 11.0 Å². The van der Waals surface area contributed by atoms with Crippen molar-refractivity contribution in [2.45, 2.75) is 44.3 Å². The second-order valence-electron chi connectivity index (χ2n) is 12.1. The van der Waals surface area contributed by atoms with Crippen molar-refractivity contribution in [3.8, 4) is 5.75 Å². The number of nitrogens with two attached hydrogens (primary N) is 1. The van der Waals surface area contributed by atoms with E-state index < -0.39 is 63.6 Å². The number of carboxylic acids is 2. The molecule has 0 radical (unpaired) electrons. The average molecular weight is 808 g/mol. The van der Waals surface area contributed by atoms with Gasteiger partial charge in [0.1, 0.15) is 51.3 Å². The number of nitrogen functional groups attached to an aromatic ring is 1. The van der Waals surface area contributed by atoms with E-state index in [9.17, 15) is 49.3 Å². The van der Waals surface area contributed by atoms with Crippen LogP contribution in [0.4, 0.5) is 10.8 Å². The number of aryl methyl sites for hydroxylation is 1. The Balaban J connectivity index is 1.26. The standard InChI is InChI=1S/C30H31ClN10O11S2/c1-12-14(33-4-5-34-23(44)15-6-16(42)17(43)9-40(15)51)8-39(11-35-12)7-13-10-53-26-20(25(46)41(26)21(13)27(47)48)36-24(45)19(18-22(31)54-29(32)37-18)38-52-30(2,3)28(49)50/h6,8-9,11,20,26,33,51H,4-5,7,10H2,1-3H3,(H6-,32,34,36,37,43,44,45,47,48,49,50)/p+1/b38-19-/t20-,26?/m1/s1. The van der Waals surface area contributed by atoms with Crippen molar-refractivity contribution in [2.24, 2.45) is 5.16 Å². The van der Waals surface area contributed by atoms with Crippen LogP contribution in [0.3, 0.4) is 0 Å². The summed E-state index contributed by atoms with van der Waals surface area (Å²) in [6, 6.07) is -0.414. The molecule has 1 fully saturated rings. The maximum absolute atomic E-state index is 13.4. The van der Waals surface area contributed by atoms with Crippen molar-refractivity contribution < 1.29 is 53.9 Å². The Kier molecular flexibility index (Phi) is 11.3. The van der Waals surface area contributed by atoms with Gasteiger partial charge in [0.25, 0.3) is 24.0 Å². The minimum Gasteiger partial charge on any atom is -0.503 e. The van der Waals surface area contributed by atoms with E-state index in [0.717, 1.165) is 22.3 Å². The fraction of sp³-hybridized carbons (Fsp3) is 0.333. The lowest BCUT2D eigenvalue weighted by atomic mass is 10.0. The number of aliphatic carboxylic acids is 2. The molecule has 0 aliphatic carbocycles. The number of carbonyl (C=O) groups is 5. The predicted octanol–water partition coefficient (Wildman–Crippen LogP) is -0.661. The number of oxime groups is 1. The molecule has 24 heteroatoms. The average Bonchev–Trinajstić information content (AvgIpc) is 3.44. The highest BCUT2D eigenvalue weighted by Gasteiger charge is 2.54. The molecule has 2 aliphatic heterocycles. The third-order valence-corrected chi connectivity index (χ3v) is 10.3. The highest BCUT2D eigenvalue weighted by molar-refractivity contribution is 8.00. The molecule has 3 amide bonds. The smallest absolute Gasteiger partial charge is 0.352 e. The third kappa shape index (κ3) is 8.16. The number of thioether (sulfide) groups is 1. The summed E-state index contributed by atoms with van der Waals surface area (Å²) < 4.78 is 1.88. The van der Waals surface area contributed by atoms with Crippen LogP contribution in [0.1, 0.15) is 35.7 Å². The lowest BCUT2D eigenvalue weighted by Crippen LogP contribution is -2.71. The van der Waals surface area contributed by atoms with Crippen molar-refractivity contribution in [2.75, 3.05) is 29.9 Å². The summed E-state index contributed by atoms with van der Waals surface area (Å²) in [4.78, 5) is 89.4. The molecule has 1 unspecified atom stereocenters. The molecule has 1 saturated heterocycles. The molecule has 3 aromatic heterocycles. The summed E-state index contributed by atoms with van der Waals surface area (Å²) in [5.74, 6) is -5.83. The molecule has 3 aromatic rings. The number of fused-ring (bicyclic) bond motifs is 1. The number of anilines is 2. The molecule has 286 valence electrons. The zero-order valence-electron chi connectivity index (χ0n) is 28.4. The maximum atomic E-state index is 13.4. The number of β-lactam (4-membered cyclic amide) rings is 1. The Labute approximate surface area is 317 Å². The molecule has 9 N–H and O–H groups in total. The second-order valence-corrected chi connectivity index (χ2v) is 14.9. The van der Waals surface area contributed by atoms with Gasteiger partial charge in [-0.1, -0.05) is 33.1 Å². The van der Waals surface area contributed by atoms with E-state index in [1.807, 2.05) is 0 Å². The molecule has 5 rings (SSSR count). The van der Waals surface area contributed by atoms with Crippen molar-refractivity contribution in [3.63, 3.8) is 0 Å². The fourth-order valence-electron chi connectivity index (χ4n) is 5.02. The topological polar surface area (TPSA) is 305 Å². The first-order chi connectivity index (χ1) is 25.4. The molecule has 0 spiro atoms. The Hall–Kier alpha value is -5.94. The number of thiazole rings is 1. The summed E-state index contributed by atoms with van der Waals surface area (Å²) in [5, 5.41) is 49.8. The minimum atomic E-state index is -1.86. The first-order valence-electron chi connectivity index (χ1n) is 15.5. The van der Waals surface area contributed by atoms with Crippen LogP contribution in [0.2, 0.25) is 4.34 Å². The summed E-state index contributed by atoms with van der Waals surface area (Å²) in [7, 11) is 0. The van der Waals surface area contributed by atoms with Crippen LogP contribution >= 0.6 is 34.7 Å². The molecule has 5 heterocycles. The maximum Gasteiger partial charge on any atom is 0.352 e. The van der Waals surface area contributed by atoms with Crippen LogP contribution in [-0.2, 0) is 30.6 Å². The van der Waals surface area contributed by atoms with Crippen LogP contribution in [0.5, 0.6) is 5.75 Å². The molecule has 0 aromatic carbocycles. The van der Waals surface area contributed by atoms with E-state index in [0.29, 0.717) is 27.9 Å². The Morgan fingerprint density at radius 3 is 2.59 bits per heavy atom. The first-order valence-corrected chi connectivity index (χ1v) is 17.8. The van der Waals surface area contributed by atoms with Crippen molar-refractivity contribution in [3.05, 3.63) is 67.7 Å². The lowest BCUT2D eigenvalue weighted by Gasteiger charge is -2.49. The highest BCUT2D eigenvalue weighted by Crippen LogP contribution is 2.40. The zero-order valence-corrected chi connectivity index (χ0v) is 30.8. The van der Waals surface area contributed by atoms with Gasteiger partial charge in [0.05, 0.1) is 6.20 Å². The first kappa shape index (κ1) is 39.3. The van der Waals surface area contributed by atoms with Crippen molar-refractivity contribution in [1.82, 2.24) is 30.2 Å². The summed E-state index contributed by atoms with van der Waals surface area (Å²) >= 11 is 8.22. The number of hydrogen-bond acceptors (Lipinski definition) is 16. The van der Waals surface area contributed by atoms with Crippen LogP contribution in [0.15, 0.2) is 46.0 Å². The fourth-order valence-corrected chi connectivity index (χ4v) is 7.28. The number of nitrogens with zero attached hydrogens (tertiary/aromatic N) is 6. The van der Waals surface area contributed by atoms with Gasteiger partial charge in [0, 0.05) is 37.4 Å². The van der Waals surface area contributed by atoms with Crippen LogP contribution < -0.4 is 31.7 Å². The van der Waals surface area contributed by atoms with Crippen molar-refractivity contribution >= 4 is 80.9 Å². The Morgan fingerprint density at radius 2 is 1.94 bits per heavy atom. The third-order valence-electron chi connectivity index (χ3n) is 7.89. The van der Waals surface area contributed by atoms with Crippen molar-refractivity contribution in [1.29, 1.82) is 0 Å². The van der Waals surface area contributed by atoms with E-state index in [1.54, 1.807) is 17.7 Å². The number of rotatable bonds is 14. The normalized spacial score (nSPS) is 17.0. The molecular formula is C30H32ClN10O11S2+. The lowest BCUT2D eigenvalue weighted by molar-refractivity contribution is -0.691. The van der Waals surface area contributed by atoms with Crippen LogP contribution in [-0.4, -0.2) is 111 Å². The molecule has 2 aliphatic rings. The van der Waals surface area contributed by atoms with E-state index in [2.05, 4.69) is 31.1 Å². The molecular weight excluding hydrogens is 776 g/mol. The Morgan fingerprint density at radius 1 is 1.22 bits per heavy atom. The number of hydrogen-bond donors (Lipinski definition) is 8. The number of carbonyl (C=O) groups excluding carboxylic acids is 3. The number of aromatic nitrogens is 4. The highest BCUT2D eigenvalue weighted by atomic mass is 35.5. The Bertz CT molecular complexity index is 2190. The number of pyridine rings is 1. The van der Waals surface area contributed by atoms with E-state index >= 15 is 0 Å². The molecule has 21 nitrogen and oxygen atoms in total. The van der Waals surface area contributed by atoms with Gasteiger partial charge < -0.3 is 47.0 Å². The molecule has 0 saturated carbocycles. The number of nitrogens with one attached hydrogen (secondary N) is 3. The van der Waals surface area contributed by atoms with Gasteiger partial charge in [0.15, 0.2) is 22.3 Å². The van der Waals surface area contributed by atoms with Gasteiger partial charge in [-0.25, -0.2) is 19.1 Å². The molecule has 54 heavy (non-hydrogen) atoms. The number of carboxylic acid groups (broad SMARTS) is 2. The van der Waals surface area contributed by atoms with Gasteiger partial charge in [-0.15, -0.1) is 11.8 Å². The van der Waals surface area contributed by atoms with Crippen LogP contribution in [0.25, 0.3) is 0 Å². The van der Waals surface area contributed by atoms with Gasteiger partial charge >= 0.3 is 11.9 Å². The van der Waals surface area contributed by atoms with E-state index in [4.69, 9.17) is 22.2 Å². The minimum absolute atomic E-state index is 0.0208. The number of amides is 3. The summed E-state index contributed by atoms with van der Waals surface area (Å²) in [5.41, 5.74) is 3.09. The summed E-state index contributed by atoms with van der Waals surface area (Å²) in [6.45, 7) is 4.36. The zero-order chi connectivity index (χ0) is 39.6.